The van der Waals surface area contributed by atoms with Crippen LogP contribution in [0.5, 0.6) is 5.75 Å². The third-order valence-corrected chi connectivity index (χ3v) is 4.21. The lowest BCUT2D eigenvalue weighted by atomic mass is 10.1. The summed E-state index contributed by atoms with van der Waals surface area (Å²) in [5.41, 5.74) is 5.77. The summed E-state index contributed by atoms with van der Waals surface area (Å²) in [5.74, 6) is 0.0839. The van der Waals surface area contributed by atoms with Gasteiger partial charge in [0.25, 0.3) is 5.91 Å². The van der Waals surface area contributed by atoms with Crippen LogP contribution in [0.4, 0.5) is 10.5 Å². The number of hydrazine groups is 1. The average Bonchev–Trinajstić information content (AvgIpc) is 2.72. The van der Waals surface area contributed by atoms with E-state index in [9.17, 15) is 9.59 Å². The second-order valence-electron chi connectivity index (χ2n) is 6.51. The predicted molar refractivity (Wildman–Crippen MR) is 111 cm³/mol. The molecule has 0 atom stereocenters. The highest BCUT2D eigenvalue weighted by Crippen LogP contribution is 2.18. The molecule has 6 nitrogen and oxygen atoms in total. The van der Waals surface area contributed by atoms with Crippen molar-refractivity contribution in [3.63, 3.8) is 0 Å². The molecule has 0 radical (unpaired) electrons. The zero-order valence-corrected chi connectivity index (χ0v) is 16.4. The molecule has 0 aromatic heterocycles. The van der Waals surface area contributed by atoms with Gasteiger partial charge >= 0.3 is 6.03 Å². The fraction of sp³-hybridized carbons (Fsp3) is 0.364. The van der Waals surface area contributed by atoms with Crippen molar-refractivity contribution in [2.75, 3.05) is 11.9 Å². The van der Waals surface area contributed by atoms with Gasteiger partial charge in [-0.25, -0.2) is 10.2 Å². The summed E-state index contributed by atoms with van der Waals surface area (Å²) in [7, 11) is 0. The molecule has 3 amide bonds. The van der Waals surface area contributed by atoms with Crippen LogP contribution in [0.3, 0.4) is 0 Å². The highest BCUT2D eigenvalue weighted by molar-refractivity contribution is 5.99. The van der Waals surface area contributed by atoms with Gasteiger partial charge in [-0.15, -0.1) is 0 Å². The molecule has 0 saturated heterocycles. The zero-order valence-electron chi connectivity index (χ0n) is 16.4. The molecule has 2 rings (SSSR count). The maximum Gasteiger partial charge on any atom is 0.337 e. The lowest BCUT2D eigenvalue weighted by molar-refractivity contribution is 0.0933. The van der Waals surface area contributed by atoms with Gasteiger partial charge in [0.2, 0.25) is 0 Å². The molecule has 0 spiro atoms. The number of ether oxygens (including phenoxy) is 1. The Kier molecular flexibility index (Phi) is 9.41. The van der Waals surface area contributed by atoms with Crippen molar-refractivity contribution in [3.8, 4) is 5.75 Å². The van der Waals surface area contributed by atoms with Crippen LogP contribution in [-0.2, 0) is 0 Å². The summed E-state index contributed by atoms with van der Waals surface area (Å²) < 4.78 is 5.78. The maximum absolute atomic E-state index is 12.4. The van der Waals surface area contributed by atoms with Crippen LogP contribution < -0.4 is 20.9 Å². The lowest BCUT2D eigenvalue weighted by Crippen LogP contribution is -2.44. The van der Waals surface area contributed by atoms with E-state index in [1.54, 1.807) is 30.3 Å². The molecule has 3 N–H and O–H groups in total. The first-order valence-electron chi connectivity index (χ1n) is 9.85. The molecule has 2 aromatic carbocycles. The van der Waals surface area contributed by atoms with Gasteiger partial charge in [0, 0.05) is 5.69 Å². The van der Waals surface area contributed by atoms with E-state index >= 15 is 0 Å². The van der Waals surface area contributed by atoms with E-state index in [-0.39, 0.29) is 0 Å². The number of unbranched alkanes of at least 4 members (excludes halogenated alkanes) is 5. The van der Waals surface area contributed by atoms with Crippen molar-refractivity contribution in [1.82, 2.24) is 10.9 Å². The topological polar surface area (TPSA) is 79.5 Å². The first kappa shape index (κ1) is 21.3. The minimum absolute atomic E-state index is 0.383. The third-order valence-electron chi connectivity index (χ3n) is 4.21. The molecule has 2 aromatic rings. The summed E-state index contributed by atoms with van der Waals surface area (Å²) in [6, 6.07) is 15.5. The largest absolute Gasteiger partial charge is 0.493 e. The number of hydrogen-bond acceptors (Lipinski definition) is 3. The third kappa shape index (κ3) is 7.70. The van der Waals surface area contributed by atoms with E-state index in [0.717, 1.165) is 12.8 Å². The van der Waals surface area contributed by atoms with E-state index < -0.39 is 11.9 Å². The normalized spacial score (nSPS) is 10.2. The van der Waals surface area contributed by atoms with E-state index in [2.05, 4.69) is 23.1 Å². The Labute approximate surface area is 166 Å². The van der Waals surface area contributed by atoms with Crippen LogP contribution in [-0.4, -0.2) is 18.5 Å². The van der Waals surface area contributed by atoms with Crippen molar-refractivity contribution in [1.29, 1.82) is 0 Å². The van der Waals surface area contributed by atoms with Gasteiger partial charge in [-0.05, 0) is 30.7 Å². The Morgan fingerprint density at radius 3 is 2.29 bits per heavy atom. The average molecular weight is 383 g/mol. The van der Waals surface area contributed by atoms with Crippen LogP contribution in [0.1, 0.15) is 55.8 Å². The molecular weight excluding hydrogens is 354 g/mol. The first-order valence-corrected chi connectivity index (χ1v) is 9.85. The van der Waals surface area contributed by atoms with Crippen molar-refractivity contribution in [3.05, 3.63) is 60.2 Å². The Hall–Kier alpha value is -3.02. The van der Waals surface area contributed by atoms with E-state index in [0.29, 0.717) is 23.6 Å². The van der Waals surface area contributed by atoms with E-state index in [1.807, 2.05) is 24.3 Å². The number of carbonyl (C=O) groups excluding carboxylic acids is 2. The van der Waals surface area contributed by atoms with Crippen LogP contribution >= 0.6 is 0 Å². The summed E-state index contributed by atoms with van der Waals surface area (Å²) in [5, 5.41) is 2.63. The minimum atomic E-state index is -0.523. The molecule has 28 heavy (non-hydrogen) atoms. The number of rotatable bonds is 10. The van der Waals surface area contributed by atoms with Gasteiger partial charge in [-0.1, -0.05) is 69.4 Å². The second kappa shape index (κ2) is 12.4. The zero-order chi connectivity index (χ0) is 20.0. The van der Waals surface area contributed by atoms with Crippen LogP contribution in [0, 0.1) is 0 Å². The van der Waals surface area contributed by atoms with Gasteiger partial charge in [-0.3, -0.25) is 10.2 Å². The number of hydrogen-bond donors (Lipinski definition) is 3. The Balaban J connectivity index is 1.77. The van der Waals surface area contributed by atoms with E-state index in [4.69, 9.17) is 4.74 Å². The number of carbonyl (C=O) groups is 2. The molecule has 0 unspecified atom stereocenters. The van der Waals surface area contributed by atoms with Crippen LogP contribution in [0.2, 0.25) is 0 Å². The Morgan fingerprint density at radius 1 is 0.821 bits per heavy atom. The highest BCUT2D eigenvalue weighted by atomic mass is 16.5. The van der Waals surface area contributed by atoms with Crippen molar-refractivity contribution in [2.45, 2.75) is 45.4 Å². The molecule has 0 aliphatic carbocycles. The van der Waals surface area contributed by atoms with Crippen molar-refractivity contribution in [2.24, 2.45) is 0 Å². The van der Waals surface area contributed by atoms with Crippen LogP contribution in [0.15, 0.2) is 54.6 Å². The first-order chi connectivity index (χ1) is 13.7. The van der Waals surface area contributed by atoms with Crippen molar-refractivity contribution >= 4 is 17.6 Å². The number of para-hydroxylation sites is 2. The van der Waals surface area contributed by atoms with E-state index in [1.165, 1.54) is 25.7 Å². The Morgan fingerprint density at radius 2 is 1.50 bits per heavy atom. The monoisotopic (exact) mass is 383 g/mol. The van der Waals surface area contributed by atoms with Gasteiger partial charge in [-0.2, -0.15) is 0 Å². The Bertz CT molecular complexity index is 735. The fourth-order valence-electron chi connectivity index (χ4n) is 2.71. The minimum Gasteiger partial charge on any atom is -0.493 e. The van der Waals surface area contributed by atoms with Gasteiger partial charge in [0.15, 0.2) is 0 Å². The second-order valence-corrected chi connectivity index (χ2v) is 6.51. The molecule has 6 heteroatoms. The highest BCUT2D eigenvalue weighted by Gasteiger charge is 2.13. The number of anilines is 1. The SMILES string of the molecule is CCCCCCCCOc1ccccc1C(=O)NNC(=O)Nc1ccccc1. The molecule has 0 saturated carbocycles. The quantitative estimate of drug-likeness (QED) is 0.404. The molecule has 0 bridgehead atoms. The van der Waals surface area contributed by atoms with Gasteiger partial charge in [0.1, 0.15) is 5.75 Å². The predicted octanol–water partition coefficient (Wildman–Crippen LogP) is 4.89. The lowest BCUT2D eigenvalue weighted by Gasteiger charge is -2.12. The summed E-state index contributed by atoms with van der Waals surface area (Å²) >= 11 is 0. The number of amides is 3. The standard InChI is InChI=1S/C22H29N3O3/c1-2-3-4-5-6-12-17-28-20-16-11-10-15-19(20)21(26)24-25-22(27)23-18-13-8-7-9-14-18/h7-11,13-16H,2-6,12,17H2,1H3,(H,24,26)(H2,23,25,27). The molecule has 0 heterocycles. The molecule has 0 aliphatic rings. The maximum atomic E-state index is 12.4. The smallest absolute Gasteiger partial charge is 0.337 e. The summed E-state index contributed by atoms with van der Waals surface area (Å²) in [4.78, 5) is 24.3. The van der Waals surface area contributed by atoms with Gasteiger partial charge in [0.05, 0.1) is 12.2 Å². The fourth-order valence-corrected chi connectivity index (χ4v) is 2.71. The molecule has 150 valence electrons. The molecule has 0 fully saturated rings. The number of nitrogens with one attached hydrogen (secondary N) is 3. The summed E-state index contributed by atoms with van der Waals surface area (Å²) in [6.07, 6.45) is 7.05. The van der Waals surface area contributed by atoms with Crippen LogP contribution in [0.25, 0.3) is 0 Å². The van der Waals surface area contributed by atoms with Gasteiger partial charge < -0.3 is 10.1 Å². The molecule has 0 aliphatic heterocycles. The number of benzene rings is 2. The number of urea groups is 1. The summed E-state index contributed by atoms with van der Waals surface area (Å²) in [6.45, 7) is 2.77. The molecular formula is C22H29N3O3. The van der Waals surface area contributed by atoms with Crippen molar-refractivity contribution < 1.29 is 14.3 Å².